The number of azide groups is 1. The Kier molecular flexibility index (Phi) is 20.2. The number of alkyl halides is 1. The van der Waals surface area contributed by atoms with Crippen molar-refractivity contribution in [3.63, 3.8) is 0 Å². The second kappa shape index (κ2) is 25.3. The molecule has 0 unspecified atom stereocenters. The number of hydrogen-bond acceptors (Lipinski definition) is 5. The van der Waals surface area contributed by atoms with Crippen LogP contribution in [0.3, 0.4) is 0 Å². The molecule has 0 spiro atoms. The monoisotopic (exact) mass is 1030 g/mol. The lowest BCUT2D eigenvalue weighted by Crippen LogP contribution is -2.68. The lowest BCUT2D eigenvalue weighted by Gasteiger charge is -2.46. The van der Waals surface area contributed by atoms with Crippen LogP contribution in [0.15, 0.2) is 157 Å². The first-order valence-electron chi connectivity index (χ1n) is 25.0. The second-order valence-electron chi connectivity index (χ2n) is 19.8. The van der Waals surface area contributed by atoms with E-state index in [1.807, 2.05) is 85.5 Å². The van der Waals surface area contributed by atoms with Crippen molar-refractivity contribution in [2.75, 3.05) is 13.2 Å². The summed E-state index contributed by atoms with van der Waals surface area (Å²) in [6, 6.07) is 52.3. The molecule has 368 valence electrons. The topological polar surface area (TPSA) is 117 Å². The predicted octanol–water partition coefficient (Wildman–Crippen LogP) is 12.8. The van der Waals surface area contributed by atoms with Gasteiger partial charge >= 0.3 is 0 Å². The number of nitrogens with one attached hydrogen (secondary N) is 1. The molecule has 5 aromatic carbocycles. The summed E-state index contributed by atoms with van der Waals surface area (Å²) in [5, 5.41) is 9.87. The van der Waals surface area contributed by atoms with Gasteiger partial charge < -0.3 is 19.1 Å². The fraction of sp³-hybridized carbons (Fsp3) is 0.439. The second-order valence-corrected chi connectivity index (χ2v) is 29.9. The number of hydrogen-bond donors (Lipinski definition) is 1. The van der Waals surface area contributed by atoms with Crippen LogP contribution in [0.2, 0.25) is 23.2 Å². The Bertz CT molecular complexity index is 2240. The summed E-state index contributed by atoms with van der Waals surface area (Å²) < 4.78 is 15.2. The Morgan fingerprint density at radius 3 is 1.49 bits per heavy atom. The van der Waals surface area contributed by atoms with Crippen LogP contribution < -0.4 is 15.7 Å². The molecule has 5 aromatic rings. The fourth-order valence-corrected chi connectivity index (χ4v) is 17.7. The van der Waals surface area contributed by atoms with Crippen molar-refractivity contribution in [3.8, 4) is 0 Å². The van der Waals surface area contributed by atoms with Crippen LogP contribution in [0.5, 0.6) is 0 Å². The summed E-state index contributed by atoms with van der Waals surface area (Å²) in [5.74, 6) is -0.584. The molecule has 0 bridgehead atoms. The first-order chi connectivity index (χ1) is 33.1. The van der Waals surface area contributed by atoms with E-state index in [9.17, 15) is 5.53 Å². The minimum atomic E-state index is -3.22. The third-order valence-electron chi connectivity index (χ3n) is 14.3. The summed E-state index contributed by atoms with van der Waals surface area (Å²) in [4.78, 5) is 36.0. The van der Waals surface area contributed by atoms with Crippen molar-refractivity contribution in [1.82, 2.24) is 10.2 Å². The smallest absolute Gasteiger partial charge is 0.261 e. The first-order valence-corrected chi connectivity index (χ1v) is 30.3. The molecule has 5 atom stereocenters. The molecule has 0 saturated carbocycles. The maximum Gasteiger partial charge on any atom is 0.261 e. The van der Waals surface area contributed by atoms with Gasteiger partial charge in [0.25, 0.3) is 8.32 Å². The molecule has 0 aliphatic heterocycles. The molecule has 12 heteroatoms. The standard InChI is InChI=1S/C57H76BrN5O4Si2/c1-11-44(7)54(61-62-59)51(67-68(12-2,13-3)14-4)41-63(55(65)53(58)43(5)6)48(42-66-69(56(8,9)10,49-36-26-18-27-37-49)50-38-28-19-29-39-50)40-52(64)60-57(45-30-20-15-21-31-45,46-32-22-16-23-33-46)47-34-24-17-25-35-47/h15-39,43-44,48,51,53-54H,11-14,40-42H2,1-10H3,(H,60,64)/t44-,48-,51-,53+,54-/m0/s1. The molecule has 9 nitrogen and oxygen atoms in total. The zero-order valence-corrected chi connectivity index (χ0v) is 46.2. The Balaban J connectivity index is 1.79. The van der Waals surface area contributed by atoms with E-state index < -0.39 is 45.2 Å². The highest BCUT2D eigenvalue weighted by Gasteiger charge is 2.51. The van der Waals surface area contributed by atoms with E-state index in [0.717, 1.165) is 51.6 Å². The molecule has 5 rings (SSSR count). The van der Waals surface area contributed by atoms with E-state index in [-0.39, 0.29) is 48.3 Å². The summed E-state index contributed by atoms with van der Waals surface area (Å²) in [6.07, 6.45) is -0.00293. The van der Waals surface area contributed by atoms with Crippen LogP contribution in [-0.2, 0) is 24.0 Å². The van der Waals surface area contributed by atoms with E-state index >= 15 is 9.59 Å². The van der Waals surface area contributed by atoms with Gasteiger partial charge in [-0.05, 0) is 67.6 Å². The molecule has 0 aliphatic rings. The van der Waals surface area contributed by atoms with Gasteiger partial charge in [-0.3, -0.25) is 9.59 Å². The number of nitrogens with zero attached hydrogens (tertiary/aromatic N) is 4. The lowest BCUT2D eigenvalue weighted by atomic mass is 9.77. The SMILES string of the molecule is CC[C@H](C)[C@H](N=[N+]=[N-])[C@H](CN(C(=O)[C@H](Br)C(C)C)[C@H](CO[Si](c1ccccc1)(c1ccccc1)C(C)(C)C)CC(=O)NC(c1ccccc1)(c1ccccc1)c1ccccc1)O[Si](CC)(CC)CC. The van der Waals surface area contributed by atoms with Gasteiger partial charge in [-0.1, -0.05) is 248 Å². The molecule has 0 heterocycles. The van der Waals surface area contributed by atoms with Crippen molar-refractivity contribution in [3.05, 3.63) is 179 Å². The first kappa shape index (κ1) is 55.1. The normalized spacial score (nSPS) is 14.5. The van der Waals surface area contributed by atoms with E-state index in [0.29, 0.717) is 0 Å². The number of benzene rings is 5. The van der Waals surface area contributed by atoms with Gasteiger partial charge in [0.15, 0.2) is 8.32 Å². The van der Waals surface area contributed by atoms with Crippen molar-refractivity contribution in [2.45, 2.75) is 134 Å². The van der Waals surface area contributed by atoms with Crippen LogP contribution >= 0.6 is 15.9 Å². The van der Waals surface area contributed by atoms with Gasteiger partial charge in [0.05, 0.1) is 29.6 Å². The Hall–Kier alpha value is -4.82. The number of halogens is 1. The predicted molar refractivity (Wildman–Crippen MR) is 293 cm³/mol. The minimum absolute atomic E-state index is 0.0411. The molecule has 1 N–H and O–H groups in total. The molecule has 0 aromatic heterocycles. The Morgan fingerprint density at radius 2 is 1.13 bits per heavy atom. The lowest BCUT2D eigenvalue weighted by molar-refractivity contribution is -0.137. The third kappa shape index (κ3) is 12.8. The van der Waals surface area contributed by atoms with E-state index in [1.165, 1.54) is 0 Å². The van der Waals surface area contributed by atoms with Gasteiger partial charge in [0.1, 0.15) is 5.54 Å². The molecule has 2 amide bonds. The summed E-state index contributed by atoms with van der Waals surface area (Å²) in [6.45, 7) is 21.6. The van der Waals surface area contributed by atoms with Crippen molar-refractivity contribution in [2.24, 2.45) is 17.0 Å². The van der Waals surface area contributed by atoms with Crippen molar-refractivity contribution < 1.29 is 18.4 Å². The molecule has 0 aliphatic carbocycles. The molecule has 0 radical (unpaired) electrons. The summed E-state index contributed by atoms with van der Waals surface area (Å²) in [7, 11) is -5.61. The van der Waals surface area contributed by atoms with Crippen LogP contribution in [0.4, 0.5) is 0 Å². The van der Waals surface area contributed by atoms with Crippen molar-refractivity contribution in [1.29, 1.82) is 0 Å². The third-order valence-corrected chi connectivity index (χ3v) is 25.4. The number of carbonyl (C=O) groups is 2. The molecule has 69 heavy (non-hydrogen) atoms. The van der Waals surface area contributed by atoms with Gasteiger partial charge in [-0.15, -0.1) is 0 Å². The maximum atomic E-state index is 15.7. The zero-order valence-electron chi connectivity index (χ0n) is 42.6. The summed E-state index contributed by atoms with van der Waals surface area (Å²) in [5.41, 5.74) is 11.7. The number of carbonyl (C=O) groups excluding carboxylic acids is 2. The number of rotatable bonds is 25. The molecular formula is C57H76BrN5O4Si2. The van der Waals surface area contributed by atoms with Gasteiger partial charge in [0.2, 0.25) is 11.8 Å². The van der Waals surface area contributed by atoms with Crippen LogP contribution in [0.1, 0.15) is 98.8 Å². The van der Waals surface area contributed by atoms with E-state index in [4.69, 9.17) is 8.85 Å². The zero-order chi connectivity index (χ0) is 50.2. The van der Waals surface area contributed by atoms with Crippen LogP contribution in [0, 0.1) is 11.8 Å². The highest BCUT2D eigenvalue weighted by molar-refractivity contribution is 9.10. The quantitative estimate of drug-likeness (QED) is 0.0156. The maximum absolute atomic E-state index is 15.7. The largest absolute Gasteiger partial charge is 0.412 e. The van der Waals surface area contributed by atoms with Gasteiger partial charge in [0, 0.05) is 17.9 Å². The van der Waals surface area contributed by atoms with Gasteiger partial charge in [-0.2, -0.15) is 0 Å². The molecule has 0 fully saturated rings. The van der Waals surface area contributed by atoms with E-state index in [2.05, 4.69) is 172 Å². The van der Waals surface area contributed by atoms with Crippen LogP contribution in [0.25, 0.3) is 10.4 Å². The fourth-order valence-electron chi connectivity index (χ4n) is 9.95. The Morgan fingerprint density at radius 1 is 0.710 bits per heavy atom. The summed E-state index contributed by atoms with van der Waals surface area (Å²) >= 11 is 3.84. The Labute approximate surface area is 423 Å². The van der Waals surface area contributed by atoms with Crippen LogP contribution in [-0.4, -0.2) is 69.5 Å². The molecular weight excluding hydrogens is 955 g/mol. The van der Waals surface area contributed by atoms with E-state index in [1.54, 1.807) is 0 Å². The van der Waals surface area contributed by atoms with Crippen molar-refractivity contribution >= 4 is 54.8 Å². The minimum Gasteiger partial charge on any atom is -0.412 e. The highest BCUT2D eigenvalue weighted by Crippen LogP contribution is 2.39. The average Bonchev–Trinajstić information content (AvgIpc) is 3.37. The number of amides is 2. The highest BCUT2D eigenvalue weighted by atomic mass is 79.9. The average molecular weight is 1030 g/mol. The van der Waals surface area contributed by atoms with Gasteiger partial charge in [-0.25, -0.2) is 0 Å². The molecule has 0 saturated heterocycles.